The minimum atomic E-state index is -5.76. The van der Waals surface area contributed by atoms with Crippen LogP contribution in [0.2, 0.25) is 0 Å². The van der Waals surface area contributed by atoms with Gasteiger partial charge in [0.25, 0.3) is 0 Å². The van der Waals surface area contributed by atoms with Crippen LogP contribution in [0.4, 0.5) is 13.2 Å². The predicted molar refractivity (Wildman–Crippen MR) is 130 cm³/mol. The van der Waals surface area contributed by atoms with E-state index < -0.39 is 27.3 Å². The second kappa shape index (κ2) is 13.3. The molecule has 206 valence electrons. The van der Waals surface area contributed by atoms with Crippen LogP contribution in [-0.4, -0.2) is 45.2 Å². The first-order valence-electron chi connectivity index (χ1n) is 11.1. The van der Waals surface area contributed by atoms with Crippen LogP contribution < -0.4 is 4.18 Å². The maximum Gasteiger partial charge on any atom is 0.534 e. The van der Waals surface area contributed by atoms with Gasteiger partial charge >= 0.3 is 27.6 Å². The molecule has 1 N–H and O–H groups in total. The Kier molecular flexibility index (Phi) is 11.4. The molecular formula is C25H31F3O8S. The van der Waals surface area contributed by atoms with Crippen LogP contribution in [0.3, 0.4) is 0 Å². The normalized spacial score (nSPS) is 11.5. The second-order valence-corrected chi connectivity index (χ2v) is 10.4. The molecule has 0 saturated carbocycles. The number of rotatable bonds is 8. The highest BCUT2D eigenvalue weighted by atomic mass is 32.2. The Hall–Kier alpha value is -3.28. The second-order valence-electron chi connectivity index (χ2n) is 8.83. The van der Waals surface area contributed by atoms with Crippen LogP contribution in [0.1, 0.15) is 59.5 Å². The fourth-order valence-electron chi connectivity index (χ4n) is 3.10. The van der Waals surface area contributed by atoms with E-state index in [0.717, 1.165) is 31.2 Å². The molecule has 0 aliphatic heterocycles. The van der Waals surface area contributed by atoms with Gasteiger partial charge < -0.3 is 18.8 Å². The third kappa shape index (κ3) is 9.60. The van der Waals surface area contributed by atoms with Gasteiger partial charge in [-0.3, -0.25) is 0 Å². The number of esters is 2. The van der Waals surface area contributed by atoms with Crippen LogP contribution in [0.15, 0.2) is 36.4 Å². The lowest BCUT2D eigenvalue weighted by Crippen LogP contribution is -2.28. The van der Waals surface area contributed by atoms with Crippen molar-refractivity contribution in [3.8, 4) is 11.5 Å². The number of phenols is 1. The summed E-state index contributed by atoms with van der Waals surface area (Å²) in [7, 11) is -3.26. The van der Waals surface area contributed by atoms with Gasteiger partial charge in [-0.15, -0.1) is 0 Å². The van der Waals surface area contributed by atoms with Crippen LogP contribution in [-0.2, 0) is 32.4 Å². The molecule has 0 unspecified atom stereocenters. The molecule has 0 atom stereocenters. The first-order chi connectivity index (χ1) is 17.0. The molecule has 2 aromatic carbocycles. The summed E-state index contributed by atoms with van der Waals surface area (Å²) in [4.78, 5) is 22.7. The summed E-state index contributed by atoms with van der Waals surface area (Å²) in [5, 5.41) is 9.59. The zero-order valence-corrected chi connectivity index (χ0v) is 22.2. The number of aromatic hydroxyl groups is 1. The molecule has 12 heteroatoms. The quantitative estimate of drug-likeness (QED) is 0.269. The Labute approximate surface area is 214 Å². The fraction of sp³-hybridized carbons (Fsp3) is 0.440. The molecule has 0 aliphatic rings. The maximum atomic E-state index is 12.4. The number of carbonyl (C=O) groups excluding carboxylic acids is 2. The van der Waals surface area contributed by atoms with Gasteiger partial charge in [0, 0.05) is 0 Å². The number of alkyl halides is 3. The van der Waals surface area contributed by atoms with E-state index in [0.29, 0.717) is 11.5 Å². The van der Waals surface area contributed by atoms with E-state index in [-0.39, 0.29) is 35.2 Å². The largest absolute Gasteiger partial charge is 0.534 e. The summed E-state index contributed by atoms with van der Waals surface area (Å²) >= 11 is 0. The number of halogens is 3. The maximum absolute atomic E-state index is 12.4. The van der Waals surface area contributed by atoms with Gasteiger partial charge in [0.05, 0.1) is 25.3 Å². The minimum Gasteiger partial charge on any atom is -0.508 e. The van der Waals surface area contributed by atoms with Crippen molar-refractivity contribution >= 4 is 22.1 Å². The Bertz CT molecular complexity index is 1190. The number of benzene rings is 2. The summed E-state index contributed by atoms with van der Waals surface area (Å²) in [6.45, 7) is 7.69. The van der Waals surface area contributed by atoms with Gasteiger partial charge in [-0.2, -0.15) is 21.6 Å². The Morgan fingerprint density at radius 1 is 0.838 bits per heavy atom. The molecule has 8 nitrogen and oxygen atoms in total. The first-order valence-corrected chi connectivity index (χ1v) is 12.5. The standard InChI is InChI=1S/C13H15F3O5S.C12H16O3/c1-8(2)6-10-7-9(12(17)20-3)4-5-11(10)21-22(18,19)13(14,15)16;1-8(2)6-10-7-9(12(14)15-3)4-5-11(10)13/h4-5,7-8H,6H2,1-3H3;4-5,7-8,13H,6H2,1-3H3. The van der Waals surface area contributed by atoms with Crippen molar-refractivity contribution in [2.45, 2.75) is 46.0 Å². The van der Waals surface area contributed by atoms with Crippen molar-refractivity contribution < 1.29 is 49.9 Å². The van der Waals surface area contributed by atoms with Crippen molar-refractivity contribution in [1.82, 2.24) is 0 Å². The van der Waals surface area contributed by atoms with Gasteiger partial charge in [-0.1, -0.05) is 27.7 Å². The molecule has 0 amide bonds. The van der Waals surface area contributed by atoms with E-state index in [1.165, 1.54) is 19.2 Å². The van der Waals surface area contributed by atoms with E-state index in [9.17, 15) is 36.3 Å². The molecule has 0 saturated heterocycles. The molecule has 2 aromatic rings. The Morgan fingerprint density at radius 2 is 1.27 bits per heavy atom. The van der Waals surface area contributed by atoms with Gasteiger partial charge in [0.15, 0.2) is 0 Å². The molecule has 0 fully saturated rings. The number of phenolic OH excluding ortho intramolecular Hbond substituents is 1. The van der Waals surface area contributed by atoms with E-state index in [2.05, 4.69) is 27.5 Å². The zero-order chi connectivity index (χ0) is 28.6. The smallest absolute Gasteiger partial charge is 0.508 e. The fourth-order valence-corrected chi connectivity index (χ4v) is 3.60. The monoisotopic (exact) mass is 548 g/mol. The highest BCUT2D eigenvalue weighted by molar-refractivity contribution is 7.88. The molecule has 37 heavy (non-hydrogen) atoms. The molecule has 0 radical (unpaired) electrons. The Balaban J connectivity index is 0.000000397. The lowest BCUT2D eigenvalue weighted by Gasteiger charge is -2.15. The predicted octanol–water partition coefficient (Wildman–Crippen LogP) is 5.28. The highest BCUT2D eigenvalue weighted by Crippen LogP contribution is 2.31. The summed E-state index contributed by atoms with van der Waals surface area (Å²) in [6.07, 6.45) is 0.976. The van der Waals surface area contributed by atoms with Crippen LogP contribution in [0.5, 0.6) is 11.5 Å². The molecule has 0 spiro atoms. The van der Waals surface area contributed by atoms with Gasteiger partial charge in [0.1, 0.15) is 11.5 Å². The zero-order valence-electron chi connectivity index (χ0n) is 21.4. The minimum absolute atomic E-state index is 0.00355. The molecule has 2 rings (SSSR count). The topological polar surface area (TPSA) is 116 Å². The number of hydrogen-bond acceptors (Lipinski definition) is 8. The highest BCUT2D eigenvalue weighted by Gasteiger charge is 2.48. The number of ether oxygens (including phenoxy) is 2. The third-order valence-corrected chi connectivity index (χ3v) is 5.69. The van der Waals surface area contributed by atoms with E-state index in [1.54, 1.807) is 26.0 Å². The first kappa shape index (κ1) is 31.7. The summed E-state index contributed by atoms with van der Waals surface area (Å²) in [5.74, 6) is -0.849. The van der Waals surface area contributed by atoms with E-state index in [1.807, 2.05) is 0 Å². The Morgan fingerprint density at radius 3 is 1.70 bits per heavy atom. The van der Waals surface area contributed by atoms with Gasteiger partial charge in [0.2, 0.25) is 0 Å². The number of carbonyl (C=O) groups is 2. The lowest BCUT2D eigenvalue weighted by atomic mass is 10.00. The number of methoxy groups -OCH3 is 2. The van der Waals surface area contributed by atoms with Crippen LogP contribution >= 0.6 is 0 Å². The summed E-state index contributed by atoms with van der Waals surface area (Å²) in [5.41, 5.74) is -4.00. The van der Waals surface area contributed by atoms with Gasteiger partial charge in [-0.25, -0.2) is 9.59 Å². The van der Waals surface area contributed by atoms with Crippen LogP contribution in [0, 0.1) is 11.8 Å². The molecule has 0 heterocycles. The lowest BCUT2D eigenvalue weighted by molar-refractivity contribution is -0.0500. The van der Waals surface area contributed by atoms with E-state index >= 15 is 0 Å². The van der Waals surface area contributed by atoms with E-state index in [4.69, 9.17) is 0 Å². The van der Waals surface area contributed by atoms with Crippen molar-refractivity contribution in [2.24, 2.45) is 11.8 Å². The van der Waals surface area contributed by atoms with Crippen molar-refractivity contribution in [2.75, 3.05) is 14.2 Å². The average Bonchev–Trinajstić information content (AvgIpc) is 2.79. The summed E-state index contributed by atoms with van der Waals surface area (Å²) < 4.78 is 72.6. The van der Waals surface area contributed by atoms with Gasteiger partial charge in [-0.05, 0) is 72.2 Å². The molecule has 0 aromatic heterocycles. The van der Waals surface area contributed by atoms with Crippen molar-refractivity contribution in [3.63, 3.8) is 0 Å². The summed E-state index contributed by atoms with van der Waals surface area (Å²) in [6, 6.07) is 8.17. The van der Waals surface area contributed by atoms with Crippen LogP contribution in [0.25, 0.3) is 0 Å². The molecule has 0 aliphatic carbocycles. The number of hydrogen-bond donors (Lipinski definition) is 1. The van der Waals surface area contributed by atoms with Crippen molar-refractivity contribution in [1.29, 1.82) is 0 Å². The average molecular weight is 549 g/mol. The molecular weight excluding hydrogens is 517 g/mol. The van der Waals surface area contributed by atoms with Crippen molar-refractivity contribution in [3.05, 3.63) is 58.7 Å². The third-order valence-electron chi connectivity index (χ3n) is 4.72. The SMILES string of the molecule is COC(=O)c1ccc(O)c(CC(C)C)c1.COC(=O)c1ccc(OS(=O)(=O)C(F)(F)F)c(CC(C)C)c1. The molecule has 0 bridgehead atoms.